The van der Waals surface area contributed by atoms with Gasteiger partial charge in [-0.15, -0.1) is 11.8 Å². The number of thioether (sulfide) groups is 1. The molecular formula is C23H21F2N3O2S. The Bertz CT molecular complexity index is 1110. The van der Waals surface area contributed by atoms with Gasteiger partial charge in [-0.2, -0.15) is 0 Å². The fourth-order valence-electron chi connectivity index (χ4n) is 3.53. The molecule has 0 saturated carbocycles. The molecule has 0 aromatic heterocycles. The molecule has 1 aliphatic heterocycles. The number of nitrogens with one attached hydrogen (secondary N) is 1. The molecule has 8 heteroatoms. The maximum atomic E-state index is 14.8. The quantitative estimate of drug-likeness (QED) is 0.630. The van der Waals surface area contributed by atoms with Gasteiger partial charge in [-0.05, 0) is 30.9 Å². The van der Waals surface area contributed by atoms with Crippen LogP contribution in [0.5, 0.6) is 5.75 Å². The van der Waals surface area contributed by atoms with E-state index in [-0.39, 0.29) is 11.1 Å². The highest BCUT2D eigenvalue weighted by Gasteiger charge is 2.44. The van der Waals surface area contributed by atoms with Crippen LogP contribution in [0.15, 0.2) is 58.7 Å². The van der Waals surface area contributed by atoms with Crippen molar-refractivity contribution in [2.75, 3.05) is 18.2 Å². The van der Waals surface area contributed by atoms with Crippen molar-refractivity contribution in [2.24, 2.45) is 4.99 Å². The number of para-hydroxylation sites is 2. The lowest BCUT2D eigenvalue weighted by Crippen LogP contribution is -2.34. The number of anilines is 1. The van der Waals surface area contributed by atoms with Gasteiger partial charge in [0.1, 0.15) is 23.3 Å². The van der Waals surface area contributed by atoms with E-state index in [1.807, 2.05) is 6.92 Å². The van der Waals surface area contributed by atoms with Crippen molar-refractivity contribution in [3.63, 3.8) is 0 Å². The van der Waals surface area contributed by atoms with Crippen LogP contribution in [0.4, 0.5) is 14.5 Å². The predicted octanol–water partition coefficient (Wildman–Crippen LogP) is 5.42. The first-order valence-electron chi connectivity index (χ1n) is 9.59. The molecule has 0 saturated heterocycles. The summed E-state index contributed by atoms with van der Waals surface area (Å²) in [6.07, 6.45) is 0. The molecular weight excluding hydrogens is 420 g/mol. The van der Waals surface area contributed by atoms with Gasteiger partial charge in [0.25, 0.3) is 11.9 Å². The van der Waals surface area contributed by atoms with Crippen LogP contribution in [0.25, 0.3) is 4.85 Å². The number of allylic oxidation sites excluding steroid dienone is 1. The van der Waals surface area contributed by atoms with E-state index in [2.05, 4.69) is 15.2 Å². The minimum absolute atomic E-state index is 0.0797. The lowest BCUT2D eigenvalue weighted by atomic mass is 9.82. The minimum atomic E-state index is -0.931. The zero-order valence-electron chi connectivity index (χ0n) is 17.3. The van der Waals surface area contributed by atoms with Crippen molar-refractivity contribution in [2.45, 2.75) is 25.8 Å². The Morgan fingerprint density at radius 2 is 2.03 bits per heavy atom. The summed E-state index contributed by atoms with van der Waals surface area (Å²) in [6, 6.07) is 9.17. The van der Waals surface area contributed by atoms with Crippen molar-refractivity contribution in [3.8, 4) is 5.75 Å². The van der Waals surface area contributed by atoms with Gasteiger partial charge in [-0.1, -0.05) is 25.1 Å². The van der Waals surface area contributed by atoms with Crippen LogP contribution in [0, 0.1) is 18.2 Å². The average molecular weight is 442 g/mol. The smallest absolute Gasteiger partial charge is 0.282 e. The van der Waals surface area contributed by atoms with Crippen molar-refractivity contribution < 1.29 is 18.3 Å². The maximum Gasteiger partial charge on any atom is 0.282 e. The van der Waals surface area contributed by atoms with Gasteiger partial charge in [0.05, 0.1) is 18.4 Å². The number of nitrogens with zero attached hydrogens (tertiary/aromatic N) is 2. The summed E-state index contributed by atoms with van der Waals surface area (Å²) >= 11 is 1.37. The van der Waals surface area contributed by atoms with Crippen molar-refractivity contribution in [1.82, 2.24) is 0 Å². The standard InChI is InChI=1S/C23H21F2N3O2S/c1-5-31-23-21(26-3)20(15-11-10-14(24)12-16(15)25)19(13(2)27-23)22(29)28-17-8-6-7-9-18(17)30-4/h6-12,20-21H,5H2,1-2,4H3,(H,28,29). The molecule has 160 valence electrons. The molecule has 31 heavy (non-hydrogen) atoms. The summed E-state index contributed by atoms with van der Waals surface area (Å²) in [5, 5.41) is 3.30. The number of carbonyl (C=O) groups is 1. The summed E-state index contributed by atoms with van der Waals surface area (Å²) in [4.78, 5) is 21.5. The maximum absolute atomic E-state index is 14.8. The fourth-order valence-corrected chi connectivity index (χ4v) is 4.39. The lowest BCUT2D eigenvalue weighted by Gasteiger charge is -2.27. The van der Waals surface area contributed by atoms with Gasteiger partial charge in [0.15, 0.2) is 5.04 Å². The number of methoxy groups -OCH3 is 1. The number of hydrogen-bond donors (Lipinski definition) is 1. The van der Waals surface area contributed by atoms with Gasteiger partial charge in [0, 0.05) is 17.3 Å². The molecule has 1 amide bonds. The molecule has 0 radical (unpaired) electrons. The van der Waals surface area contributed by atoms with E-state index >= 15 is 0 Å². The first kappa shape index (κ1) is 22.5. The molecule has 3 rings (SSSR count). The van der Waals surface area contributed by atoms with Gasteiger partial charge >= 0.3 is 0 Å². The van der Waals surface area contributed by atoms with Gasteiger partial charge < -0.3 is 14.9 Å². The fraction of sp³-hybridized carbons (Fsp3) is 0.261. The molecule has 0 spiro atoms. The monoisotopic (exact) mass is 441 g/mol. The van der Waals surface area contributed by atoms with Crippen LogP contribution in [-0.2, 0) is 4.79 Å². The molecule has 0 bridgehead atoms. The molecule has 2 atom stereocenters. The highest BCUT2D eigenvalue weighted by molar-refractivity contribution is 8.14. The molecule has 1 aliphatic rings. The van der Waals surface area contributed by atoms with E-state index in [0.717, 1.165) is 12.1 Å². The summed E-state index contributed by atoms with van der Waals surface area (Å²) < 4.78 is 33.6. The van der Waals surface area contributed by atoms with E-state index in [0.29, 0.717) is 27.9 Å². The summed E-state index contributed by atoms with van der Waals surface area (Å²) in [7, 11) is 1.49. The van der Waals surface area contributed by atoms with Crippen molar-refractivity contribution >= 4 is 28.4 Å². The Labute approximate surface area is 184 Å². The average Bonchev–Trinajstić information content (AvgIpc) is 2.74. The lowest BCUT2D eigenvalue weighted by molar-refractivity contribution is -0.113. The first-order chi connectivity index (χ1) is 14.9. The zero-order valence-corrected chi connectivity index (χ0v) is 18.1. The van der Waals surface area contributed by atoms with Crippen LogP contribution in [0.2, 0.25) is 0 Å². The predicted molar refractivity (Wildman–Crippen MR) is 119 cm³/mol. The summed E-state index contributed by atoms with van der Waals surface area (Å²) in [5.74, 6) is -1.86. The van der Waals surface area contributed by atoms with E-state index in [9.17, 15) is 13.6 Å². The third-order valence-corrected chi connectivity index (χ3v) is 5.79. The second kappa shape index (κ2) is 9.75. The Morgan fingerprint density at radius 3 is 2.68 bits per heavy atom. The van der Waals surface area contributed by atoms with Crippen LogP contribution >= 0.6 is 11.8 Å². The Kier molecular flexibility index (Phi) is 7.08. The van der Waals surface area contributed by atoms with E-state index in [1.54, 1.807) is 31.2 Å². The van der Waals surface area contributed by atoms with Crippen LogP contribution < -0.4 is 10.1 Å². The number of ether oxygens (including phenoxy) is 1. The normalized spacial score (nSPS) is 18.3. The molecule has 5 nitrogen and oxygen atoms in total. The third kappa shape index (κ3) is 4.62. The van der Waals surface area contributed by atoms with Crippen LogP contribution in [-0.4, -0.2) is 29.9 Å². The molecule has 2 unspecified atom stereocenters. The third-order valence-electron chi connectivity index (χ3n) is 4.88. The SMILES string of the molecule is [C-]#[N+]C1C(SCC)=NC(C)=C(C(=O)Nc2ccccc2OC)C1c1ccc(F)cc1F. The topological polar surface area (TPSA) is 55.0 Å². The summed E-state index contributed by atoms with van der Waals surface area (Å²) in [6.45, 7) is 11.3. The van der Waals surface area contributed by atoms with Crippen molar-refractivity contribution in [3.05, 3.63) is 82.3 Å². The highest BCUT2D eigenvalue weighted by atomic mass is 32.2. The zero-order chi connectivity index (χ0) is 22.5. The molecule has 1 heterocycles. The number of amides is 1. The molecule has 2 aromatic rings. The Balaban J connectivity index is 2.13. The van der Waals surface area contributed by atoms with Crippen LogP contribution in [0.1, 0.15) is 25.3 Å². The largest absolute Gasteiger partial charge is 0.495 e. The number of rotatable bonds is 5. The summed E-state index contributed by atoms with van der Waals surface area (Å²) in [5.41, 5.74) is 1.07. The number of halogens is 2. The Hall–Kier alpha value is -3.18. The first-order valence-corrected chi connectivity index (χ1v) is 10.6. The molecule has 2 aromatic carbocycles. The number of aliphatic imine (C=N–C) groups is 1. The van der Waals surface area contributed by atoms with Gasteiger partial charge in [-0.25, -0.2) is 20.3 Å². The second-order valence-corrected chi connectivity index (χ2v) is 8.04. The molecule has 0 aliphatic carbocycles. The van der Waals surface area contributed by atoms with Crippen LogP contribution in [0.3, 0.4) is 0 Å². The minimum Gasteiger partial charge on any atom is -0.495 e. The van der Waals surface area contributed by atoms with Gasteiger partial charge in [-0.3, -0.25) is 4.79 Å². The van der Waals surface area contributed by atoms with E-state index in [4.69, 9.17) is 11.3 Å². The van der Waals surface area contributed by atoms with E-state index in [1.165, 1.54) is 24.9 Å². The van der Waals surface area contributed by atoms with E-state index < -0.39 is 29.5 Å². The molecule has 0 fully saturated rings. The number of benzene rings is 2. The van der Waals surface area contributed by atoms with Gasteiger partial charge in [0.2, 0.25) is 0 Å². The number of carbonyl (C=O) groups excluding carboxylic acids is 1. The van der Waals surface area contributed by atoms with Crippen molar-refractivity contribution in [1.29, 1.82) is 0 Å². The molecule has 1 N–H and O–H groups in total. The number of hydrogen-bond acceptors (Lipinski definition) is 4. The Morgan fingerprint density at radius 1 is 1.29 bits per heavy atom. The second-order valence-electron chi connectivity index (χ2n) is 6.75. The highest BCUT2D eigenvalue weighted by Crippen LogP contribution is 2.41.